The van der Waals surface area contributed by atoms with Crippen molar-refractivity contribution in [1.29, 1.82) is 0 Å². The number of aliphatic imine (C=N–C) groups is 2. The molecule has 0 saturated heterocycles. The van der Waals surface area contributed by atoms with Crippen molar-refractivity contribution in [3.63, 3.8) is 0 Å². The van der Waals surface area contributed by atoms with Crippen LogP contribution in [-0.4, -0.2) is 26.1 Å². The van der Waals surface area contributed by atoms with Gasteiger partial charge in [-0.3, -0.25) is 9.98 Å². The van der Waals surface area contributed by atoms with E-state index in [1.165, 1.54) is 5.56 Å². The zero-order valence-electron chi connectivity index (χ0n) is 10.6. The van der Waals surface area contributed by atoms with Crippen LogP contribution in [0, 0.1) is 0 Å². The number of hydrogen-bond acceptors (Lipinski definition) is 3. The number of nitrogens with zero attached hydrogens (tertiary/aromatic N) is 2. The van der Waals surface area contributed by atoms with Crippen molar-refractivity contribution >= 4 is 11.9 Å². The van der Waals surface area contributed by atoms with E-state index in [4.69, 9.17) is 4.74 Å². The highest BCUT2D eigenvalue weighted by Crippen LogP contribution is 2.14. The first-order chi connectivity index (χ1) is 8.83. The summed E-state index contributed by atoms with van der Waals surface area (Å²) in [6.07, 6.45) is 8.57. The van der Waals surface area contributed by atoms with Gasteiger partial charge in [0.25, 0.3) is 0 Å². The van der Waals surface area contributed by atoms with E-state index in [1.54, 1.807) is 20.4 Å². The van der Waals surface area contributed by atoms with Crippen LogP contribution < -0.4 is 4.74 Å². The number of hydrogen-bond donors (Lipinski definition) is 0. The Labute approximate surface area is 107 Å². The molecule has 0 aliphatic carbocycles. The summed E-state index contributed by atoms with van der Waals surface area (Å²) in [6, 6.07) is 8.04. The molecule has 2 rings (SSSR count). The quantitative estimate of drug-likeness (QED) is 0.799. The molecule has 0 atom stereocenters. The Bertz CT molecular complexity index is 522. The van der Waals surface area contributed by atoms with Gasteiger partial charge in [-0.1, -0.05) is 18.2 Å². The Morgan fingerprint density at radius 1 is 1.28 bits per heavy atom. The van der Waals surface area contributed by atoms with Crippen molar-refractivity contribution < 1.29 is 4.74 Å². The summed E-state index contributed by atoms with van der Waals surface area (Å²) in [5.41, 5.74) is 3.07. The molecule has 1 aromatic carbocycles. The van der Waals surface area contributed by atoms with Gasteiger partial charge in [0.05, 0.1) is 18.5 Å². The van der Waals surface area contributed by atoms with Crippen LogP contribution in [0.4, 0.5) is 0 Å². The van der Waals surface area contributed by atoms with Crippen LogP contribution >= 0.6 is 0 Å². The SMILES string of the molecule is C/N=C1/C=CC=NC1=CCc1ccc(OC)cc1. The van der Waals surface area contributed by atoms with Crippen LogP contribution in [0.15, 0.2) is 58.2 Å². The summed E-state index contributed by atoms with van der Waals surface area (Å²) in [6.45, 7) is 0. The van der Waals surface area contributed by atoms with Crippen molar-refractivity contribution in [3.8, 4) is 5.75 Å². The van der Waals surface area contributed by atoms with Gasteiger partial charge in [-0.2, -0.15) is 0 Å². The number of benzene rings is 1. The number of methoxy groups -OCH3 is 1. The highest BCUT2D eigenvalue weighted by molar-refractivity contribution is 6.12. The van der Waals surface area contributed by atoms with Gasteiger partial charge in [0.15, 0.2) is 0 Å². The van der Waals surface area contributed by atoms with Crippen molar-refractivity contribution in [2.24, 2.45) is 9.98 Å². The second-order valence-corrected chi connectivity index (χ2v) is 3.89. The third-order valence-corrected chi connectivity index (χ3v) is 2.75. The minimum atomic E-state index is 0.837. The molecule has 1 aromatic rings. The van der Waals surface area contributed by atoms with Crippen molar-refractivity contribution in [1.82, 2.24) is 0 Å². The largest absolute Gasteiger partial charge is 0.497 e. The van der Waals surface area contributed by atoms with E-state index in [2.05, 4.69) is 28.2 Å². The lowest BCUT2D eigenvalue weighted by atomic mass is 10.1. The number of dihydropyridines is 1. The van der Waals surface area contributed by atoms with Crippen LogP contribution in [-0.2, 0) is 6.42 Å². The first-order valence-electron chi connectivity index (χ1n) is 5.84. The van der Waals surface area contributed by atoms with Gasteiger partial charge in [0.1, 0.15) is 5.75 Å². The van der Waals surface area contributed by atoms with Crippen LogP contribution in [0.5, 0.6) is 5.75 Å². The van der Waals surface area contributed by atoms with E-state index in [9.17, 15) is 0 Å². The second kappa shape index (κ2) is 5.96. The fraction of sp³-hybridized carbons (Fsp3) is 0.200. The Balaban J connectivity index is 2.10. The fourth-order valence-corrected chi connectivity index (χ4v) is 1.73. The molecular weight excluding hydrogens is 224 g/mol. The molecule has 0 aromatic heterocycles. The zero-order chi connectivity index (χ0) is 12.8. The Hall–Kier alpha value is -2.16. The third-order valence-electron chi connectivity index (χ3n) is 2.75. The molecule has 0 N–H and O–H groups in total. The molecule has 0 amide bonds. The van der Waals surface area contributed by atoms with Gasteiger partial charge in [-0.05, 0) is 36.3 Å². The monoisotopic (exact) mass is 240 g/mol. The average Bonchev–Trinajstić information content (AvgIpc) is 2.46. The van der Waals surface area contributed by atoms with Crippen LogP contribution in [0.3, 0.4) is 0 Å². The maximum Gasteiger partial charge on any atom is 0.118 e. The lowest BCUT2D eigenvalue weighted by molar-refractivity contribution is 0.414. The fourth-order valence-electron chi connectivity index (χ4n) is 1.73. The zero-order valence-corrected chi connectivity index (χ0v) is 10.6. The normalized spacial score (nSPS) is 18.6. The molecule has 1 aliphatic heterocycles. The summed E-state index contributed by atoms with van der Waals surface area (Å²) >= 11 is 0. The van der Waals surface area contributed by atoms with E-state index in [-0.39, 0.29) is 0 Å². The first-order valence-corrected chi connectivity index (χ1v) is 5.84. The molecule has 0 fully saturated rings. The summed E-state index contributed by atoms with van der Waals surface area (Å²) in [4.78, 5) is 8.52. The molecule has 1 heterocycles. The van der Waals surface area contributed by atoms with Crippen LogP contribution in [0.25, 0.3) is 0 Å². The molecule has 18 heavy (non-hydrogen) atoms. The molecule has 0 saturated carbocycles. The smallest absolute Gasteiger partial charge is 0.118 e. The van der Waals surface area contributed by atoms with E-state index in [0.717, 1.165) is 23.6 Å². The molecule has 0 unspecified atom stereocenters. The molecule has 0 bridgehead atoms. The number of allylic oxidation sites excluding steroid dienone is 3. The predicted molar refractivity (Wildman–Crippen MR) is 75.8 cm³/mol. The standard InChI is InChI=1S/C15H16N2O/c1-16-14-4-3-11-17-15(14)10-7-12-5-8-13(18-2)9-6-12/h3-6,8-11H,7H2,1-2H3/b15-10?,16-14-. The minimum absolute atomic E-state index is 0.837. The topological polar surface area (TPSA) is 34.0 Å². The van der Waals surface area contributed by atoms with Crippen LogP contribution in [0.1, 0.15) is 5.56 Å². The van der Waals surface area contributed by atoms with Crippen LogP contribution in [0.2, 0.25) is 0 Å². The summed E-state index contributed by atoms with van der Waals surface area (Å²) in [7, 11) is 3.45. The Kier molecular flexibility index (Phi) is 4.07. The molecular formula is C15H16N2O. The molecule has 1 aliphatic rings. The van der Waals surface area contributed by atoms with Crippen molar-refractivity contribution in [2.45, 2.75) is 6.42 Å². The predicted octanol–water partition coefficient (Wildman–Crippen LogP) is 2.83. The van der Waals surface area contributed by atoms with E-state index in [1.807, 2.05) is 24.3 Å². The molecule has 0 spiro atoms. The number of ether oxygens (including phenoxy) is 1. The lowest BCUT2D eigenvalue weighted by Crippen LogP contribution is -2.02. The molecule has 0 radical (unpaired) electrons. The summed E-state index contributed by atoms with van der Waals surface area (Å²) in [5, 5.41) is 0. The van der Waals surface area contributed by atoms with Crippen molar-refractivity contribution in [3.05, 3.63) is 53.8 Å². The van der Waals surface area contributed by atoms with Crippen molar-refractivity contribution in [2.75, 3.05) is 14.2 Å². The Morgan fingerprint density at radius 3 is 2.72 bits per heavy atom. The van der Waals surface area contributed by atoms with E-state index < -0.39 is 0 Å². The van der Waals surface area contributed by atoms with Gasteiger partial charge >= 0.3 is 0 Å². The van der Waals surface area contributed by atoms with Gasteiger partial charge in [0, 0.05) is 13.3 Å². The number of rotatable bonds is 3. The Morgan fingerprint density at radius 2 is 2.06 bits per heavy atom. The van der Waals surface area contributed by atoms with E-state index >= 15 is 0 Å². The summed E-state index contributed by atoms with van der Waals surface area (Å²) in [5.74, 6) is 0.876. The third kappa shape index (κ3) is 2.94. The first kappa shape index (κ1) is 12.3. The average molecular weight is 240 g/mol. The van der Waals surface area contributed by atoms with Gasteiger partial charge in [-0.25, -0.2) is 0 Å². The minimum Gasteiger partial charge on any atom is -0.497 e. The van der Waals surface area contributed by atoms with Gasteiger partial charge in [0.2, 0.25) is 0 Å². The maximum absolute atomic E-state index is 5.13. The lowest BCUT2D eigenvalue weighted by Gasteiger charge is -2.05. The van der Waals surface area contributed by atoms with Gasteiger partial charge < -0.3 is 4.74 Å². The van der Waals surface area contributed by atoms with E-state index in [0.29, 0.717) is 0 Å². The summed E-state index contributed by atoms with van der Waals surface area (Å²) < 4.78 is 5.13. The molecule has 3 heteroatoms. The highest BCUT2D eigenvalue weighted by Gasteiger charge is 2.03. The molecule has 3 nitrogen and oxygen atoms in total. The second-order valence-electron chi connectivity index (χ2n) is 3.89. The van der Waals surface area contributed by atoms with Gasteiger partial charge in [-0.15, -0.1) is 0 Å². The highest BCUT2D eigenvalue weighted by atomic mass is 16.5. The molecule has 92 valence electrons. The maximum atomic E-state index is 5.13.